The van der Waals surface area contributed by atoms with Crippen LogP contribution in [-0.2, 0) is 9.59 Å². The third-order valence-corrected chi connectivity index (χ3v) is 5.51. The Bertz CT molecular complexity index is 416. The number of nitrogens with one attached hydrogen (secondary N) is 2. The number of hydrogen-bond acceptors (Lipinski definition) is 4. The van der Waals surface area contributed by atoms with Crippen molar-refractivity contribution in [1.29, 1.82) is 0 Å². The lowest BCUT2D eigenvalue weighted by molar-refractivity contribution is -0.146. The van der Waals surface area contributed by atoms with Crippen LogP contribution in [0.2, 0.25) is 0 Å². The highest BCUT2D eigenvalue weighted by Crippen LogP contribution is 2.35. The average molecular weight is 322 g/mol. The molecule has 0 aromatic carbocycles. The van der Waals surface area contributed by atoms with Gasteiger partial charge in [0.2, 0.25) is 11.8 Å². The first-order valence-corrected chi connectivity index (χ1v) is 9.10. The lowest BCUT2D eigenvalue weighted by Gasteiger charge is -2.37. The lowest BCUT2D eigenvalue weighted by atomic mass is 9.92. The first-order chi connectivity index (χ1) is 11.1. The van der Waals surface area contributed by atoms with Gasteiger partial charge in [-0.25, -0.2) is 0 Å². The van der Waals surface area contributed by atoms with Gasteiger partial charge in [0.05, 0.1) is 0 Å². The molecule has 6 nitrogen and oxygen atoms in total. The van der Waals surface area contributed by atoms with Gasteiger partial charge >= 0.3 is 0 Å². The second-order valence-corrected chi connectivity index (χ2v) is 7.42. The summed E-state index contributed by atoms with van der Waals surface area (Å²) in [4.78, 5) is 29.8. The number of carbonyl (C=O) groups is 2. The molecule has 23 heavy (non-hydrogen) atoms. The number of piperazine rings is 2. The van der Waals surface area contributed by atoms with Crippen LogP contribution < -0.4 is 10.6 Å². The first-order valence-electron chi connectivity index (χ1n) is 9.10. The molecule has 2 amide bonds. The molecule has 2 saturated heterocycles. The molecule has 4 atom stereocenters. The molecule has 0 aromatic heterocycles. The average Bonchev–Trinajstić information content (AvgIpc) is 3.03. The normalized spacial score (nSPS) is 35.4. The Labute approximate surface area is 139 Å². The SMILES string of the molecule is C[C@@H]1CN(C(=O)C2CCCC2C(=O)N2CCN[C@H](C)C2)CCN1. The molecule has 2 heterocycles. The summed E-state index contributed by atoms with van der Waals surface area (Å²) in [7, 11) is 0. The van der Waals surface area contributed by atoms with Crippen molar-refractivity contribution in [3.05, 3.63) is 0 Å². The zero-order valence-electron chi connectivity index (χ0n) is 14.4. The van der Waals surface area contributed by atoms with E-state index in [9.17, 15) is 9.59 Å². The molecule has 3 fully saturated rings. The minimum atomic E-state index is -0.0991. The number of rotatable bonds is 2. The van der Waals surface area contributed by atoms with Crippen molar-refractivity contribution in [3.8, 4) is 0 Å². The minimum absolute atomic E-state index is 0.0991. The molecule has 6 heteroatoms. The monoisotopic (exact) mass is 322 g/mol. The van der Waals surface area contributed by atoms with E-state index < -0.39 is 0 Å². The van der Waals surface area contributed by atoms with Gasteiger partial charge in [0.25, 0.3) is 0 Å². The second-order valence-electron chi connectivity index (χ2n) is 7.42. The first kappa shape index (κ1) is 16.7. The topological polar surface area (TPSA) is 64.7 Å². The number of nitrogens with zero attached hydrogens (tertiary/aromatic N) is 2. The van der Waals surface area contributed by atoms with E-state index in [0.717, 1.165) is 58.5 Å². The second kappa shape index (κ2) is 7.18. The Morgan fingerprint density at radius 1 is 0.826 bits per heavy atom. The minimum Gasteiger partial charge on any atom is -0.340 e. The number of hydrogen-bond donors (Lipinski definition) is 2. The number of amides is 2. The van der Waals surface area contributed by atoms with E-state index in [1.54, 1.807) is 0 Å². The summed E-state index contributed by atoms with van der Waals surface area (Å²) >= 11 is 0. The van der Waals surface area contributed by atoms with Crippen LogP contribution in [0.5, 0.6) is 0 Å². The van der Waals surface area contributed by atoms with Gasteiger partial charge in [-0.05, 0) is 26.7 Å². The van der Waals surface area contributed by atoms with Crippen molar-refractivity contribution in [3.63, 3.8) is 0 Å². The van der Waals surface area contributed by atoms with Crippen LogP contribution in [0.1, 0.15) is 33.1 Å². The number of carbonyl (C=O) groups excluding carboxylic acids is 2. The van der Waals surface area contributed by atoms with Crippen LogP contribution >= 0.6 is 0 Å². The van der Waals surface area contributed by atoms with Crippen LogP contribution in [-0.4, -0.2) is 73.0 Å². The summed E-state index contributed by atoms with van der Waals surface area (Å²) in [6.45, 7) is 9.00. The van der Waals surface area contributed by atoms with Crippen LogP contribution in [0.15, 0.2) is 0 Å². The fourth-order valence-electron chi connectivity index (χ4n) is 4.29. The quantitative estimate of drug-likeness (QED) is 0.754. The smallest absolute Gasteiger partial charge is 0.226 e. The molecule has 0 radical (unpaired) electrons. The van der Waals surface area contributed by atoms with E-state index >= 15 is 0 Å². The maximum absolute atomic E-state index is 12.9. The van der Waals surface area contributed by atoms with E-state index in [0.29, 0.717) is 12.1 Å². The molecule has 0 spiro atoms. The van der Waals surface area contributed by atoms with Crippen molar-refractivity contribution in [2.24, 2.45) is 11.8 Å². The molecule has 2 N–H and O–H groups in total. The third kappa shape index (κ3) is 3.69. The van der Waals surface area contributed by atoms with E-state index in [2.05, 4.69) is 24.5 Å². The molecule has 0 aromatic rings. The van der Waals surface area contributed by atoms with Crippen molar-refractivity contribution in [2.45, 2.75) is 45.2 Å². The summed E-state index contributed by atoms with van der Waals surface area (Å²) in [5, 5.41) is 6.74. The van der Waals surface area contributed by atoms with Crippen LogP contribution in [0.4, 0.5) is 0 Å². The highest BCUT2D eigenvalue weighted by atomic mass is 16.2. The Morgan fingerprint density at radius 3 is 1.65 bits per heavy atom. The molecule has 2 unspecified atom stereocenters. The van der Waals surface area contributed by atoms with E-state index in [-0.39, 0.29) is 23.7 Å². The highest BCUT2D eigenvalue weighted by molar-refractivity contribution is 5.88. The van der Waals surface area contributed by atoms with E-state index in [4.69, 9.17) is 0 Å². The molecular weight excluding hydrogens is 292 g/mol. The van der Waals surface area contributed by atoms with Gasteiger partial charge in [-0.2, -0.15) is 0 Å². The van der Waals surface area contributed by atoms with E-state index in [1.807, 2.05) is 9.80 Å². The van der Waals surface area contributed by atoms with Gasteiger partial charge in [-0.15, -0.1) is 0 Å². The lowest BCUT2D eigenvalue weighted by Crippen LogP contribution is -2.55. The molecule has 3 aliphatic rings. The summed E-state index contributed by atoms with van der Waals surface area (Å²) in [6, 6.07) is 0.689. The van der Waals surface area contributed by atoms with Crippen molar-refractivity contribution in [1.82, 2.24) is 20.4 Å². The Morgan fingerprint density at radius 2 is 1.26 bits per heavy atom. The standard InChI is InChI=1S/C17H30N4O2/c1-12-10-20(8-6-18-12)16(22)14-4-3-5-15(14)17(23)21-9-7-19-13(2)11-21/h12-15,18-19H,3-11H2,1-2H3/t12-,13-,14?,15?/m1/s1. The summed E-state index contributed by atoms with van der Waals surface area (Å²) in [5.41, 5.74) is 0. The summed E-state index contributed by atoms with van der Waals surface area (Å²) < 4.78 is 0. The maximum Gasteiger partial charge on any atom is 0.226 e. The van der Waals surface area contributed by atoms with Crippen molar-refractivity contribution >= 4 is 11.8 Å². The van der Waals surface area contributed by atoms with E-state index in [1.165, 1.54) is 0 Å². The highest BCUT2D eigenvalue weighted by Gasteiger charge is 2.42. The molecule has 1 saturated carbocycles. The van der Waals surface area contributed by atoms with Crippen LogP contribution in [0.25, 0.3) is 0 Å². The van der Waals surface area contributed by atoms with Gasteiger partial charge in [0, 0.05) is 63.2 Å². The zero-order valence-corrected chi connectivity index (χ0v) is 14.4. The molecule has 1 aliphatic carbocycles. The largest absolute Gasteiger partial charge is 0.340 e. The van der Waals surface area contributed by atoms with Gasteiger partial charge < -0.3 is 20.4 Å². The summed E-state index contributed by atoms with van der Waals surface area (Å²) in [6.07, 6.45) is 2.74. The predicted molar refractivity (Wildman–Crippen MR) is 88.9 cm³/mol. The Hall–Kier alpha value is -1.14. The fraction of sp³-hybridized carbons (Fsp3) is 0.882. The van der Waals surface area contributed by atoms with Gasteiger partial charge in [0.15, 0.2) is 0 Å². The molecule has 0 bridgehead atoms. The third-order valence-electron chi connectivity index (χ3n) is 5.51. The van der Waals surface area contributed by atoms with Gasteiger partial charge in [-0.3, -0.25) is 9.59 Å². The molecular formula is C17H30N4O2. The molecule has 130 valence electrons. The van der Waals surface area contributed by atoms with Crippen LogP contribution in [0.3, 0.4) is 0 Å². The van der Waals surface area contributed by atoms with Gasteiger partial charge in [0.1, 0.15) is 0 Å². The zero-order chi connectivity index (χ0) is 16.4. The van der Waals surface area contributed by atoms with Crippen LogP contribution in [0, 0.1) is 11.8 Å². The molecule has 3 rings (SSSR count). The summed E-state index contributed by atoms with van der Waals surface area (Å²) in [5.74, 6) is 0.214. The van der Waals surface area contributed by atoms with Crippen molar-refractivity contribution in [2.75, 3.05) is 39.3 Å². The molecule has 2 aliphatic heterocycles. The fourth-order valence-corrected chi connectivity index (χ4v) is 4.29. The van der Waals surface area contributed by atoms with Crippen molar-refractivity contribution < 1.29 is 9.59 Å². The Kier molecular flexibility index (Phi) is 5.21. The predicted octanol–water partition coefficient (Wildman–Crippen LogP) is 0.0433. The maximum atomic E-state index is 12.9. The van der Waals surface area contributed by atoms with Gasteiger partial charge in [-0.1, -0.05) is 6.42 Å². The Balaban J connectivity index is 1.64.